The fraction of sp³-hybridized carbons (Fsp3) is 0.192. The number of hydrogen-bond donors (Lipinski definition) is 2. The van der Waals surface area contributed by atoms with Crippen LogP contribution in [0.1, 0.15) is 60.4 Å². The number of benzene rings is 5. The molecule has 1 saturated heterocycles. The first-order valence-corrected chi connectivity index (χ1v) is 27.0. The highest BCUT2D eigenvalue weighted by atomic mass is 32.2. The van der Waals surface area contributed by atoms with Crippen LogP contribution in [0.4, 0.5) is 9.93 Å². The van der Waals surface area contributed by atoms with Gasteiger partial charge in [0.25, 0.3) is 11.8 Å². The number of carbonyl (C=O) groups excluding carboxylic acids is 4. The van der Waals surface area contributed by atoms with Crippen LogP contribution in [0, 0.1) is 0 Å². The van der Waals surface area contributed by atoms with Crippen molar-refractivity contribution in [2.24, 2.45) is 5.16 Å². The molecule has 71 heavy (non-hydrogen) atoms. The van der Waals surface area contributed by atoms with E-state index in [1.165, 1.54) is 51.5 Å². The molecular formula is C52H45N7O7S5. The first-order valence-electron chi connectivity index (χ1n) is 22.2. The third-order valence-electron chi connectivity index (χ3n) is 11.0. The number of thiazole rings is 1. The van der Waals surface area contributed by atoms with Gasteiger partial charge in [-0.1, -0.05) is 180 Å². The number of anilines is 1. The summed E-state index contributed by atoms with van der Waals surface area (Å²) in [5.41, 5.74) is 3.06. The van der Waals surface area contributed by atoms with Gasteiger partial charge in [0, 0.05) is 32.7 Å². The number of nitrogens with one attached hydrogen (secondary N) is 2. The molecule has 7 aromatic rings. The van der Waals surface area contributed by atoms with Crippen LogP contribution >= 0.6 is 58.0 Å². The summed E-state index contributed by atoms with van der Waals surface area (Å²) in [7, 11) is 0. The quantitative estimate of drug-likeness (QED) is 0.0168. The number of carbonyl (C=O) groups is 4. The Labute approximate surface area is 430 Å². The van der Waals surface area contributed by atoms with Crippen LogP contribution in [0.3, 0.4) is 0 Å². The van der Waals surface area contributed by atoms with E-state index in [2.05, 4.69) is 31.0 Å². The zero-order valence-corrected chi connectivity index (χ0v) is 42.5. The van der Waals surface area contributed by atoms with Crippen molar-refractivity contribution in [2.45, 2.75) is 53.8 Å². The molecular weight excluding hydrogens is 995 g/mol. The molecule has 19 heteroatoms. The Morgan fingerprint density at radius 1 is 0.789 bits per heavy atom. The summed E-state index contributed by atoms with van der Waals surface area (Å²) in [6, 6.07) is 46.3. The molecule has 2 aliphatic rings. The number of esters is 1. The van der Waals surface area contributed by atoms with Gasteiger partial charge in [0.05, 0.1) is 5.08 Å². The van der Waals surface area contributed by atoms with Gasteiger partial charge in [-0.15, -0.1) is 45.1 Å². The van der Waals surface area contributed by atoms with E-state index < -0.39 is 52.6 Å². The lowest BCUT2D eigenvalue weighted by atomic mass is 9.80. The van der Waals surface area contributed by atoms with Crippen LogP contribution in [0.25, 0.3) is 0 Å². The Morgan fingerprint density at radius 3 is 1.89 bits per heavy atom. The number of hydrogen-bond acceptors (Lipinski definition) is 16. The Bertz CT molecular complexity index is 2900. The summed E-state index contributed by atoms with van der Waals surface area (Å²) in [5, 5.41) is 19.8. The number of fused-ring (bicyclic) bond motifs is 1. The maximum atomic E-state index is 14.9. The molecule has 4 heterocycles. The molecule has 2 N–H and O–H groups in total. The van der Waals surface area contributed by atoms with Gasteiger partial charge in [0.15, 0.2) is 21.3 Å². The summed E-state index contributed by atoms with van der Waals surface area (Å²) >= 11 is 6.77. The topological polar surface area (TPSA) is 174 Å². The molecule has 360 valence electrons. The minimum atomic E-state index is -1.38. The van der Waals surface area contributed by atoms with Crippen molar-refractivity contribution in [2.75, 3.05) is 16.2 Å². The van der Waals surface area contributed by atoms with Gasteiger partial charge in [-0.3, -0.25) is 19.8 Å². The molecule has 1 fully saturated rings. The lowest BCUT2D eigenvalue weighted by Gasteiger charge is -2.49. The molecule has 9 rings (SSSR count). The molecule has 0 unspecified atom stereocenters. The second-order valence-corrected chi connectivity index (χ2v) is 22.3. The maximum Gasteiger partial charge on any atom is 0.413 e. The average molecular weight is 1040 g/mol. The van der Waals surface area contributed by atoms with Crippen molar-refractivity contribution in [3.05, 3.63) is 207 Å². The van der Waals surface area contributed by atoms with E-state index >= 15 is 0 Å². The molecule has 0 radical (unpaired) electrons. The summed E-state index contributed by atoms with van der Waals surface area (Å²) in [6.45, 7) is 5.23. The SMILES string of the molecule is CC(C)(C)OC(=O)Nc1nc(/C(=N/OC(c2ccccc2)(c2ccccc2)c2ccccc2)C(=O)N[C@@H]2C(=O)N3C(C(=O)OC(c4ccccc4)c4ccccc4)=C(SCSc4nncs4)CS[C@@H]23)cs1. The van der Waals surface area contributed by atoms with Crippen LogP contribution in [-0.2, 0) is 34.3 Å². The number of amides is 3. The van der Waals surface area contributed by atoms with E-state index in [9.17, 15) is 19.2 Å². The highest BCUT2D eigenvalue weighted by molar-refractivity contribution is 8.18. The lowest BCUT2D eigenvalue weighted by molar-refractivity contribution is -0.154. The number of aromatic nitrogens is 3. The molecule has 5 aromatic carbocycles. The summed E-state index contributed by atoms with van der Waals surface area (Å²) in [4.78, 5) is 70.6. The van der Waals surface area contributed by atoms with E-state index in [0.29, 0.717) is 15.7 Å². The highest BCUT2D eigenvalue weighted by Gasteiger charge is 2.55. The third kappa shape index (κ3) is 11.2. The van der Waals surface area contributed by atoms with E-state index in [1.807, 2.05) is 152 Å². The molecule has 2 atom stereocenters. The minimum absolute atomic E-state index is 0.0604. The number of nitrogens with zero attached hydrogens (tertiary/aromatic N) is 5. The zero-order chi connectivity index (χ0) is 49.4. The van der Waals surface area contributed by atoms with Crippen LogP contribution < -0.4 is 10.6 Å². The Balaban J connectivity index is 1.05. The molecule has 0 bridgehead atoms. The van der Waals surface area contributed by atoms with Crippen molar-refractivity contribution in [3.63, 3.8) is 0 Å². The van der Waals surface area contributed by atoms with Crippen molar-refractivity contribution in [1.29, 1.82) is 0 Å². The maximum absolute atomic E-state index is 14.9. The van der Waals surface area contributed by atoms with E-state index in [0.717, 1.165) is 43.5 Å². The van der Waals surface area contributed by atoms with Crippen LogP contribution in [-0.4, -0.2) is 77.5 Å². The monoisotopic (exact) mass is 1040 g/mol. The molecule has 2 aliphatic heterocycles. The van der Waals surface area contributed by atoms with E-state index in [1.54, 1.807) is 31.7 Å². The highest BCUT2D eigenvalue weighted by Crippen LogP contribution is 2.46. The number of thioether (sulfide) groups is 3. The molecule has 0 aliphatic carbocycles. The van der Waals surface area contributed by atoms with Crippen LogP contribution in [0.5, 0.6) is 0 Å². The Morgan fingerprint density at radius 2 is 1.35 bits per heavy atom. The van der Waals surface area contributed by atoms with Gasteiger partial charge >= 0.3 is 12.1 Å². The van der Waals surface area contributed by atoms with Gasteiger partial charge in [-0.05, 0) is 31.9 Å². The van der Waals surface area contributed by atoms with Gasteiger partial charge in [0.1, 0.15) is 33.9 Å². The van der Waals surface area contributed by atoms with Gasteiger partial charge in [-0.25, -0.2) is 14.6 Å². The lowest BCUT2D eigenvalue weighted by Crippen LogP contribution is -2.71. The second kappa shape index (κ2) is 22.1. The van der Waals surface area contributed by atoms with Gasteiger partial charge < -0.3 is 19.6 Å². The van der Waals surface area contributed by atoms with Crippen molar-refractivity contribution < 1.29 is 33.5 Å². The fourth-order valence-corrected chi connectivity index (χ4v) is 13.0. The average Bonchev–Trinajstić information content (AvgIpc) is 4.09. The Kier molecular flexibility index (Phi) is 15.3. The van der Waals surface area contributed by atoms with Crippen LogP contribution in [0.15, 0.2) is 183 Å². The number of oxime groups is 1. The molecule has 0 saturated carbocycles. The number of ether oxygens (including phenoxy) is 2. The van der Waals surface area contributed by atoms with E-state index in [4.69, 9.17) is 14.3 Å². The predicted octanol–water partition coefficient (Wildman–Crippen LogP) is 10.5. The second-order valence-electron chi connectivity index (χ2n) is 16.8. The summed E-state index contributed by atoms with van der Waals surface area (Å²) < 4.78 is 12.6. The minimum Gasteiger partial charge on any atom is -0.448 e. The number of β-lactam (4-membered cyclic amide) rings is 1. The smallest absolute Gasteiger partial charge is 0.413 e. The molecule has 14 nitrogen and oxygen atoms in total. The third-order valence-corrected chi connectivity index (χ3v) is 16.3. The standard InChI is InChI=1S/C52H45N7O7S5/c1-51(2,3)65-49(63)56-48-54-38(29-68-48)40(58-66-52(35-23-13-6-14-24-35,36-25-15-7-16-26-36)37-27-17-8-18-28-37)44(60)55-41-45(61)59-42(39(30-67-46(41)59)70-32-71-50-57-53-31-69-50)47(62)64-43(33-19-9-4-10-20-33)34-21-11-5-12-22-34/h4-29,31,41,43,46H,30,32H2,1-3H3,(H,55,60)(H,54,56,63)/b58-40-/t41-,46+/m1/s1. The van der Waals surface area contributed by atoms with Crippen molar-refractivity contribution >= 4 is 92.7 Å². The zero-order valence-electron chi connectivity index (χ0n) is 38.4. The molecule has 3 amide bonds. The summed E-state index contributed by atoms with van der Waals surface area (Å²) in [6.07, 6.45) is -1.51. The predicted molar refractivity (Wildman–Crippen MR) is 280 cm³/mol. The first kappa shape index (κ1) is 49.2. The molecule has 0 spiro atoms. The van der Waals surface area contributed by atoms with Crippen molar-refractivity contribution in [3.8, 4) is 0 Å². The van der Waals surface area contributed by atoms with Gasteiger partial charge in [-0.2, -0.15) is 0 Å². The van der Waals surface area contributed by atoms with Gasteiger partial charge in [0.2, 0.25) is 5.60 Å². The van der Waals surface area contributed by atoms with Crippen molar-refractivity contribution in [1.82, 2.24) is 25.4 Å². The van der Waals surface area contributed by atoms with E-state index in [-0.39, 0.29) is 22.2 Å². The first-order chi connectivity index (χ1) is 34.5. The summed E-state index contributed by atoms with van der Waals surface area (Å²) in [5.74, 6) is -1.64. The Hall–Kier alpha value is -6.77. The fourth-order valence-electron chi connectivity index (χ4n) is 7.85. The largest absolute Gasteiger partial charge is 0.448 e. The number of rotatable bonds is 17. The molecule has 2 aromatic heterocycles. The normalized spacial score (nSPS) is 15.9. The van der Waals surface area contributed by atoms with Crippen LogP contribution in [0.2, 0.25) is 0 Å².